The Labute approximate surface area is 641 Å². The van der Waals surface area contributed by atoms with Gasteiger partial charge in [0.15, 0.2) is 86.2 Å². The normalized spacial score (nSPS) is 31.2. The van der Waals surface area contributed by atoms with Gasteiger partial charge in [0.25, 0.3) is 5.69 Å². The van der Waals surface area contributed by atoms with Gasteiger partial charge in [-0.3, -0.25) is 86.8 Å². The fourth-order valence-corrected chi connectivity index (χ4v) is 12.2. The van der Waals surface area contributed by atoms with Crippen molar-refractivity contribution in [3.8, 4) is 5.75 Å². The fraction of sp³-hybridized carbons (Fsp3) is 0.676. The Bertz CT molecular complexity index is 3620. The van der Waals surface area contributed by atoms with Crippen LogP contribution in [-0.4, -0.2) is 287 Å². The van der Waals surface area contributed by atoms with E-state index in [9.17, 15) is 86.8 Å². The number of rotatable bonds is 32. The predicted molar refractivity (Wildman–Crippen MR) is 351 cm³/mol. The molecule has 5 aliphatic heterocycles. The summed E-state index contributed by atoms with van der Waals surface area (Å²) in [4.78, 5) is 220. The van der Waals surface area contributed by atoms with E-state index in [0.29, 0.717) is 0 Å². The Morgan fingerprint density at radius 2 is 0.434 bits per heavy atom. The van der Waals surface area contributed by atoms with Crippen molar-refractivity contribution in [1.29, 1.82) is 0 Å². The second-order valence-corrected chi connectivity index (χ2v) is 25.3. The van der Waals surface area contributed by atoms with Crippen molar-refractivity contribution in [2.75, 3.05) is 33.0 Å². The van der Waals surface area contributed by atoms with Crippen molar-refractivity contribution in [2.24, 2.45) is 0 Å². The Balaban J connectivity index is 1.52. The number of esters is 16. The molecule has 5 heterocycles. The third kappa shape index (κ3) is 27.2. The van der Waals surface area contributed by atoms with Crippen LogP contribution in [0.5, 0.6) is 5.75 Å². The molecule has 0 aliphatic carbocycles. The predicted octanol–water partition coefficient (Wildman–Crippen LogP) is -0.797. The van der Waals surface area contributed by atoms with E-state index in [1.807, 2.05) is 0 Å². The van der Waals surface area contributed by atoms with Gasteiger partial charge in [-0.25, -0.2) is 0 Å². The molecule has 5 aliphatic rings. The van der Waals surface area contributed by atoms with Crippen molar-refractivity contribution < 1.29 is 205 Å². The lowest BCUT2D eigenvalue weighted by Crippen LogP contribution is -2.70. The molecular formula is C68H87NO44. The topological polar surface area (TPSA) is 556 Å². The molecule has 113 heavy (non-hydrogen) atoms. The van der Waals surface area contributed by atoms with Crippen LogP contribution in [-0.2, 0) is 195 Å². The SMILES string of the molecule is CC(=O)OCC1O[C@@H](O[C@@H]2C(COC(C)=O)O[C@@H](O[C@@H]3C(COC(C)=O)O[C@@H](O[C@@H]4C(COC(C)=O)O[C@@H](O[C@@H]5C(COC(C)=O)O[C@@H](Oc6ccc([N+](=O)[O-])cc6)C(OC(C)=O)C5OC(C)=O)C(OC(C)=O)C4OC(C)=O)C(OC(C)=O)C3OC(C)=O)C(OC(C)=O)C2OC(C)=O)C(OC(C)=O)C(OC(C)=O)[C@@H]1OC(C)=O. The average Bonchev–Trinajstić information content (AvgIpc) is 0.757. The molecule has 0 radical (unpaired) electrons. The number of hydrogen-bond acceptors (Lipinski definition) is 44. The Morgan fingerprint density at radius 1 is 0.257 bits per heavy atom. The van der Waals surface area contributed by atoms with Crippen molar-refractivity contribution >= 4 is 101 Å². The van der Waals surface area contributed by atoms with E-state index in [-0.39, 0.29) is 11.4 Å². The lowest BCUT2D eigenvalue weighted by molar-refractivity contribution is -0.392. The monoisotopic (exact) mass is 1620 g/mol. The van der Waals surface area contributed by atoms with E-state index in [1.165, 1.54) is 0 Å². The maximum Gasteiger partial charge on any atom is 0.303 e. The molecule has 0 N–H and O–H groups in total. The van der Waals surface area contributed by atoms with Gasteiger partial charge in [0.2, 0.25) is 12.4 Å². The smallest absolute Gasteiger partial charge is 0.303 e. The highest BCUT2D eigenvalue weighted by Gasteiger charge is 2.63. The van der Waals surface area contributed by atoms with Gasteiger partial charge >= 0.3 is 95.5 Å². The molecule has 0 spiro atoms. The van der Waals surface area contributed by atoms with Crippen molar-refractivity contribution in [1.82, 2.24) is 0 Å². The summed E-state index contributed by atoms with van der Waals surface area (Å²) in [6.45, 7) is 9.73. The molecule has 6 rings (SSSR count). The fourth-order valence-electron chi connectivity index (χ4n) is 12.2. The number of nitrogens with zero attached hydrogens (tertiary/aromatic N) is 1. The zero-order chi connectivity index (χ0) is 84.2. The van der Waals surface area contributed by atoms with E-state index in [1.54, 1.807) is 0 Å². The van der Waals surface area contributed by atoms with Crippen LogP contribution in [0.25, 0.3) is 0 Å². The highest BCUT2D eigenvalue weighted by atomic mass is 16.8. The van der Waals surface area contributed by atoms with Crippen molar-refractivity contribution in [3.05, 3.63) is 34.4 Å². The first kappa shape index (κ1) is 91.5. The minimum atomic E-state index is -2.36. The van der Waals surface area contributed by atoms with E-state index in [0.717, 1.165) is 135 Å². The first-order chi connectivity index (χ1) is 53.0. The highest BCUT2D eigenvalue weighted by Crippen LogP contribution is 2.42. The van der Waals surface area contributed by atoms with Gasteiger partial charge in [0, 0.05) is 123 Å². The number of carbonyl (C=O) groups excluding carboxylic acids is 16. The van der Waals surface area contributed by atoms with Crippen LogP contribution in [0.2, 0.25) is 0 Å². The summed E-state index contributed by atoms with van der Waals surface area (Å²) >= 11 is 0. The number of nitro groups is 1. The molecule has 45 nitrogen and oxygen atoms in total. The zero-order valence-electron chi connectivity index (χ0n) is 63.7. The molecule has 0 aromatic heterocycles. The van der Waals surface area contributed by atoms with Gasteiger partial charge in [-0.15, -0.1) is 0 Å². The Hall–Kier alpha value is -10.4. The molecule has 5 fully saturated rings. The number of benzene rings is 1. The molecule has 1 aromatic rings. The lowest BCUT2D eigenvalue weighted by atomic mass is 9.94. The van der Waals surface area contributed by atoms with Crippen LogP contribution in [0.15, 0.2) is 24.3 Å². The molecule has 1 aromatic carbocycles. The molecule has 5 saturated heterocycles. The Kier molecular flexibility index (Phi) is 33.9. The van der Waals surface area contributed by atoms with Gasteiger partial charge in [-0.2, -0.15) is 0 Å². The third-order valence-corrected chi connectivity index (χ3v) is 16.0. The quantitative estimate of drug-likeness (QED) is 0.0369. The number of carbonyl (C=O) groups is 16. The molecule has 0 amide bonds. The van der Waals surface area contributed by atoms with Crippen LogP contribution in [0.1, 0.15) is 111 Å². The number of ether oxygens (including phenoxy) is 26. The largest absolute Gasteiger partial charge is 0.463 e. The lowest BCUT2D eigenvalue weighted by Gasteiger charge is -2.51. The summed E-state index contributed by atoms with van der Waals surface area (Å²) in [5.41, 5.74) is -0.385. The van der Waals surface area contributed by atoms with Crippen LogP contribution < -0.4 is 4.74 Å². The molecule has 628 valence electrons. The third-order valence-electron chi connectivity index (χ3n) is 16.0. The molecule has 25 atom stereocenters. The van der Waals surface area contributed by atoms with Crippen LogP contribution >= 0.6 is 0 Å². The highest BCUT2D eigenvalue weighted by molar-refractivity contribution is 5.72. The summed E-state index contributed by atoms with van der Waals surface area (Å²) in [5, 5.41) is 11.5. The van der Waals surface area contributed by atoms with Gasteiger partial charge in [-0.1, -0.05) is 0 Å². The number of nitro benzene ring substituents is 1. The maximum absolute atomic E-state index is 13.7. The average molecular weight is 1620 g/mol. The molecule has 0 saturated carbocycles. The summed E-state index contributed by atoms with van der Waals surface area (Å²) in [6.07, 6.45) is -51.8. The van der Waals surface area contributed by atoms with E-state index in [2.05, 4.69) is 0 Å². The second-order valence-electron chi connectivity index (χ2n) is 25.3. The van der Waals surface area contributed by atoms with Crippen LogP contribution in [0.3, 0.4) is 0 Å². The van der Waals surface area contributed by atoms with Crippen LogP contribution in [0.4, 0.5) is 5.69 Å². The minimum absolute atomic E-state index is 0.164. The summed E-state index contributed by atoms with van der Waals surface area (Å²) in [6, 6.07) is 4.34. The first-order valence-electron chi connectivity index (χ1n) is 34.4. The molecule has 0 bridgehead atoms. The van der Waals surface area contributed by atoms with Gasteiger partial charge in [0.1, 0.15) is 93.7 Å². The number of hydrogen-bond donors (Lipinski definition) is 0. The van der Waals surface area contributed by atoms with E-state index < -0.39 is 287 Å². The second kappa shape index (κ2) is 41.9. The zero-order valence-corrected chi connectivity index (χ0v) is 63.7. The summed E-state index contributed by atoms with van der Waals surface area (Å²) < 4.78 is 154. The van der Waals surface area contributed by atoms with E-state index in [4.69, 9.17) is 123 Å². The number of non-ortho nitro benzene ring substituents is 1. The van der Waals surface area contributed by atoms with Crippen molar-refractivity contribution in [3.63, 3.8) is 0 Å². The molecular weight excluding hydrogens is 1530 g/mol. The summed E-state index contributed by atoms with van der Waals surface area (Å²) in [5.74, 6) is -17.9. The maximum atomic E-state index is 13.7. The summed E-state index contributed by atoms with van der Waals surface area (Å²) in [7, 11) is 0. The minimum Gasteiger partial charge on any atom is -0.463 e. The molecule has 15 unspecified atom stereocenters. The van der Waals surface area contributed by atoms with Crippen LogP contribution in [0, 0.1) is 10.1 Å². The first-order valence-corrected chi connectivity index (χ1v) is 34.4. The van der Waals surface area contributed by atoms with Gasteiger partial charge in [0.05, 0.1) is 4.92 Å². The van der Waals surface area contributed by atoms with E-state index >= 15 is 0 Å². The van der Waals surface area contributed by atoms with Crippen molar-refractivity contribution in [2.45, 2.75) is 264 Å². The Morgan fingerprint density at radius 3 is 0.637 bits per heavy atom. The molecule has 45 heteroatoms. The van der Waals surface area contributed by atoms with Gasteiger partial charge < -0.3 is 123 Å². The standard InChI is InChI=1S/C68H87NO44/c1-26(70)88-21-44-49(93-31(6)75)54(94-32(7)76)60(100-38(13)82)65(106-44)111-51-46(23-90-28(3)72)108-67(62(102-40(15)84)56(51)96-34(9)78)113-53-48(25-92-30(5)74)109-68(63(103-41(16)85)58(53)98-36(11)80)112-52-47(24-91-29(4)73)107-66(61(101-39(14)83)57(52)97-35(10)79)110-50-45(22-89-27(2)71)105-64(59(99-37(12)81)55(50)95-33(8)77)104-43-19-17-42(18-20-43)69(86)87/h17-20,44-68H,21-25H2,1-16H3/t44?,45?,46?,47?,48?,49-,50-,51-,52-,53-,54?,55?,56?,57?,58?,59?,60?,61?,62?,63?,64-,65+,66+,67+,68+/m1/s1. The van der Waals surface area contributed by atoms with Gasteiger partial charge in [-0.05, 0) is 12.1 Å².